The highest BCUT2D eigenvalue weighted by Gasteiger charge is 2.17. The largest absolute Gasteiger partial charge is 0.513 e. The molecule has 64 heavy (non-hydrogen) atoms. The molecule has 0 heterocycles. The molecule has 0 bridgehead atoms. The van der Waals surface area contributed by atoms with Crippen molar-refractivity contribution in [2.24, 2.45) is 17.8 Å². The fourth-order valence-corrected chi connectivity index (χ4v) is 8.20. The third-order valence-electron chi connectivity index (χ3n) is 12.3. The van der Waals surface area contributed by atoms with Gasteiger partial charge in [0.15, 0.2) is 0 Å². The number of hydrogen-bond donors (Lipinski definition) is 2. The van der Waals surface area contributed by atoms with Crippen molar-refractivity contribution in [1.82, 2.24) is 0 Å². The van der Waals surface area contributed by atoms with E-state index in [1.165, 1.54) is 257 Å². The SMILES string of the molecule is C=C(O)CCCCCCCCCCCCCCCCC.C=CC(CC)CC.CC.CC(CCCCCCCCCCCCCCCCS)CC1CCCC1.CCC.CCC.CCCC. The van der Waals surface area contributed by atoms with E-state index in [0.717, 1.165) is 36.3 Å². The van der Waals surface area contributed by atoms with E-state index in [4.69, 9.17) is 5.11 Å². The minimum atomic E-state index is 0.347. The summed E-state index contributed by atoms with van der Waals surface area (Å²) in [5.74, 6) is 4.24. The molecule has 0 aromatic heterocycles. The molecule has 1 aliphatic carbocycles. The first-order valence-electron chi connectivity index (χ1n) is 29.8. The molecule has 1 aliphatic rings. The molecule has 1 saturated carbocycles. The van der Waals surface area contributed by atoms with Crippen molar-refractivity contribution in [2.45, 2.75) is 353 Å². The molecule has 1 unspecified atom stereocenters. The van der Waals surface area contributed by atoms with Crippen molar-refractivity contribution >= 4 is 12.6 Å². The highest BCUT2D eigenvalue weighted by molar-refractivity contribution is 7.80. The lowest BCUT2D eigenvalue weighted by atomic mass is 9.90. The average Bonchev–Trinajstić information content (AvgIpc) is 3.81. The normalized spacial score (nSPS) is 12.0. The second-order valence-corrected chi connectivity index (χ2v) is 19.9. The summed E-state index contributed by atoms with van der Waals surface area (Å²) in [6.07, 6.45) is 60.7. The third kappa shape index (κ3) is 85.0. The van der Waals surface area contributed by atoms with Crippen LogP contribution >= 0.6 is 12.6 Å². The Morgan fingerprint density at radius 1 is 0.500 bits per heavy atom. The van der Waals surface area contributed by atoms with Crippen LogP contribution in [-0.2, 0) is 0 Å². The monoisotopic (exact) mass is 925 g/mol. The number of unbranched alkanes of at least 4 members (excludes halogenated alkanes) is 28. The molecule has 0 aromatic carbocycles. The van der Waals surface area contributed by atoms with Gasteiger partial charge in [-0.1, -0.05) is 327 Å². The summed E-state index contributed by atoms with van der Waals surface area (Å²) < 4.78 is 0. The molecule has 392 valence electrons. The van der Waals surface area contributed by atoms with Gasteiger partial charge in [0.05, 0.1) is 5.76 Å². The fraction of sp³-hybridized carbons (Fsp3) is 0.935. The van der Waals surface area contributed by atoms with Gasteiger partial charge in [-0.2, -0.15) is 12.6 Å². The van der Waals surface area contributed by atoms with Gasteiger partial charge in [-0.3, -0.25) is 0 Å². The van der Waals surface area contributed by atoms with Crippen molar-refractivity contribution in [3.63, 3.8) is 0 Å². The summed E-state index contributed by atoms with van der Waals surface area (Å²) in [6.45, 7) is 33.2. The second-order valence-electron chi connectivity index (χ2n) is 19.4. The molecule has 0 saturated heterocycles. The lowest BCUT2D eigenvalue weighted by Crippen LogP contribution is -2.02. The molecule has 1 nitrogen and oxygen atoms in total. The van der Waals surface area contributed by atoms with Crippen LogP contribution in [0.2, 0.25) is 0 Å². The number of rotatable bonds is 38. The molecule has 1 atom stereocenters. The zero-order chi connectivity index (χ0) is 49.4. The molecular formula is C62H132OS. The van der Waals surface area contributed by atoms with E-state index in [-0.39, 0.29) is 0 Å². The van der Waals surface area contributed by atoms with E-state index in [2.05, 4.69) is 95.0 Å². The zero-order valence-electron chi connectivity index (χ0n) is 47.5. The third-order valence-corrected chi connectivity index (χ3v) is 12.6. The molecule has 2 heteroatoms. The van der Waals surface area contributed by atoms with E-state index in [1.54, 1.807) is 0 Å². The Morgan fingerprint density at radius 3 is 1.05 bits per heavy atom. The Bertz CT molecular complexity index is 718. The first kappa shape index (κ1) is 75.2. The predicted octanol–water partition coefficient (Wildman–Crippen LogP) is 24.6. The van der Waals surface area contributed by atoms with Crippen LogP contribution in [0, 0.1) is 17.8 Å². The highest BCUT2D eigenvalue weighted by atomic mass is 32.1. The number of thiol groups is 1. The van der Waals surface area contributed by atoms with E-state index < -0.39 is 0 Å². The van der Waals surface area contributed by atoms with E-state index >= 15 is 0 Å². The van der Waals surface area contributed by atoms with Gasteiger partial charge in [-0.15, -0.1) is 6.58 Å². The molecule has 1 N–H and O–H groups in total. The summed E-state index contributed by atoms with van der Waals surface area (Å²) in [4.78, 5) is 0. The van der Waals surface area contributed by atoms with Gasteiger partial charge in [0.2, 0.25) is 0 Å². The maximum atomic E-state index is 8.96. The Hall–Kier alpha value is -0.370. The van der Waals surface area contributed by atoms with Crippen LogP contribution < -0.4 is 0 Å². The van der Waals surface area contributed by atoms with Gasteiger partial charge >= 0.3 is 0 Å². The van der Waals surface area contributed by atoms with Crippen molar-refractivity contribution in [3.8, 4) is 0 Å². The van der Waals surface area contributed by atoms with Crippen LogP contribution in [0.1, 0.15) is 353 Å². The van der Waals surface area contributed by atoms with E-state index in [0.29, 0.717) is 5.76 Å². The lowest BCUT2D eigenvalue weighted by molar-refractivity contribution is 0.367. The van der Waals surface area contributed by atoms with Gasteiger partial charge in [0, 0.05) is 6.42 Å². The zero-order valence-corrected chi connectivity index (χ0v) is 48.4. The van der Waals surface area contributed by atoms with Crippen LogP contribution in [0.3, 0.4) is 0 Å². The van der Waals surface area contributed by atoms with Crippen molar-refractivity contribution in [1.29, 1.82) is 0 Å². The molecule has 0 aliphatic heterocycles. The van der Waals surface area contributed by atoms with Gasteiger partial charge in [0.1, 0.15) is 0 Å². The van der Waals surface area contributed by atoms with Crippen molar-refractivity contribution in [3.05, 3.63) is 25.0 Å². The summed E-state index contributed by atoms with van der Waals surface area (Å²) in [6, 6.07) is 0. The molecule has 0 aromatic rings. The molecule has 1 rings (SSSR count). The summed E-state index contributed by atoms with van der Waals surface area (Å²) in [7, 11) is 0. The summed E-state index contributed by atoms with van der Waals surface area (Å²) in [5, 5.41) is 8.96. The van der Waals surface area contributed by atoms with Crippen LogP contribution in [0.4, 0.5) is 0 Å². The molecule has 1 fully saturated rings. The number of hydrogen-bond acceptors (Lipinski definition) is 2. The minimum Gasteiger partial charge on any atom is -0.513 e. The van der Waals surface area contributed by atoms with Gasteiger partial charge in [-0.25, -0.2) is 0 Å². The first-order valence-corrected chi connectivity index (χ1v) is 30.4. The van der Waals surface area contributed by atoms with Gasteiger partial charge < -0.3 is 5.11 Å². The topological polar surface area (TPSA) is 20.2 Å². The van der Waals surface area contributed by atoms with Crippen molar-refractivity contribution in [2.75, 3.05) is 5.75 Å². The highest BCUT2D eigenvalue weighted by Crippen LogP contribution is 2.31. The van der Waals surface area contributed by atoms with E-state index in [1.807, 2.05) is 19.9 Å². The summed E-state index contributed by atoms with van der Waals surface area (Å²) >= 11 is 4.27. The maximum Gasteiger partial charge on any atom is 0.0851 e. The Morgan fingerprint density at radius 2 is 0.797 bits per heavy atom. The minimum absolute atomic E-state index is 0.347. The number of aliphatic hydroxyl groups excluding tert-OH is 1. The average molecular weight is 926 g/mol. The number of aliphatic hydroxyl groups is 1. The molecule has 0 spiro atoms. The van der Waals surface area contributed by atoms with Crippen LogP contribution in [0.5, 0.6) is 0 Å². The van der Waals surface area contributed by atoms with Crippen molar-refractivity contribution < 1.29 is 5.11 Å². The Balaban J connectivity index is -0.000000190. The van der Waals surface area contributed by atoms with Gasteiger partial charge in [0.25, 0.3) is 0 Å². The van der Waals surface area contributed by atoms with Gasteiger partial charge in [-0.05, 0) is 55.6 Å². The lowest BCUT2D eigenvalue weighted by Gasteiger charge is -2.15. The number of allylic oxidation sites excluding steroid dienone is 2. The predicted molar refractivity (Wildman–Crippen MR) is 308 cm³/mol. The Kier molecular flexibility index (Phi) is 90.3. The fourth-order valence-electron chi connectivity index (χ4n) is 7.98. The molecule has 0 amide bonds. The second kappa shape index (κ2) is 76.9. The first-order chi connectivity index (χ1) is 31.2. The maximum absolute atomic E-state index is 8.96. The molecular weight excluding hydrogens is 793 g/mol. The van der Waals surface area contributed by atoms with E-state index in [9.17, 15) is 0 Å². The summed E-state index contributed by atoms with van der Waals surface area (Å²) in [5.41, 5.74) is 0. The molecule has 0 radical (unpaired) electrons. The Labute approximate surface area is 417 Å². The quantitative estimate of drug-likeness (QED) is 0.0274. The van der Waals surface area contributed by atoms with Crippen LogP contribution in [0.25, 0.3) is 0 Å². The van der Waals surface area contributed by atoms with Crippen LogP contribution in [0.15, 0.2) is 25.0 Å². The van der Waals surface area contributed by atoms with Crippen LogP contribution in [-0.4, -0.2) is 10.9 Å². The smallest absolute Gasteiger partial charge is 0.0851 e. The standard InChI is InChI=1S/C24H48S.C19H38O.C7H14.C4H10.2C3H8.C2H6/c1-23(22-24-19-15-16-20-24)18-14-12-10-8-6-4-2-3-5-7-9-11-13-17-21-25;1-3-4-5-6-7-8-9-10-11-12-13-14-15-16-17-18-19(2)20;1-4-7(5-2)6-3;1-3-4-2;2*1-3-2;1-2/h23-25H,2-22H2,1H3;20H,2-18H2,1H3;4,7H,1,5-6H2,2-3H3;3-4H2,1-2H3;2*3H2,1-2H3;1-2H3.